The first kappa shape index (κ1) is 19.5. The number of furan rings is 1. The number of amides is 2. The fraction of sp³-hybridized carbons (Fsp3) is 0.190. The maximum atomic E-state index is 12.7. The number of urea groups is 1. The lowest BCUT2D eigenvalue weighted by Crippen LogP contribution is -2.36. The van der Waals surface area contributed by atoms with Crippen molar-refractivity contribution in [3.8, 4) is 0 Å². The zero-order chi connectivity index (χ0) is 20.0. The van der Waals surface area contributed by atoms with Gasteiger partial charge in [0.15, 0.2) is 0 Å². The molecule has 0 fully saturated rings. The lowest BCUT2D eigenvalue weighted by atomic mass is 10.1. The van der Waals surface area contributed by atoms with Gasteiger partial charge < -0.3 is 14.6 Å². The van der Waals surface area contributed by atoms with Crippen molar-refractivity contribution in [1.29, 1.82) is 0 Å². The number of carbonyl (C=O) groups is 1. The molecule has 7 heteroatoms. The van der Waals surface area contributed by atoms with Crippen LogP contribution in [0.25, 0.3) is 0 Å². The largest absolute Gasteiger partial charge is 0.467 e. The summed E-state index contributed by atoms with van der Waals surface area (Å²) in [5.41, 5.74) is 0.610. The van der Waals surface area contributed by atoms with Gasteiger partial charge >= 0.3 is 12.2 Å². The molecular weight excluding hydrogens is 369 g/mol. The molecule has 4 nitrogen and oxygen atoms in total. The average Bonchev–Trinajstić information content (AvgIpc) is 3.19. The Morgan fingerprint density at radius 2 is 1.68 bits per heavy atom. The third-order valence-electron chi connectivity index (χ3n) is 4.19. The summed E-state index contributed by atoms with van der Waals surface area (Å²) in [5, 5.41) is 2.65. The summed E-state index contributed by atoms with van der Waals surface area (Å²) in [4.78, 5) is 14.3. The molecule has 0 atom stereocenters. The van der Waals surface area contributed by atoms with Crippen molar-refractivity contribution in [2.24, 2.45) is 0 Å². The van der Waals surface area contributed by atoms with Crippen LogP contribution in [0, 0.1) is 0 Å². The molecule has 1 N–H and O–H groups in total. The Morgan fingerprint density at radius 3 is 2.29 bits per heavy atom. The fourth-order valence-electron chi connectivity index (χ4n) is 2.70. The molecule has 0 aliphatic heterocycles. The van der Waals surface area contributed by atoms with Crippen LogP contribution in [0.3, 0.4) is 0 Å². The van der Waals surface area contributed by atoms with E-state index in [1.807, 2.05) is 30.3 Å². The van der Waals surface area contributed by atoms with Crippen LogP contribution in [0.15, 0.2) is 77.4 Å². The van der Waals surface area contributed by atoms with E-state index in [0.717, 1.165) is 17.7 Å². The van der Waals surface area contributed by atoms with Crippen LogP contribution >= 0.6 is 0 Å². The topological polar surface area (TPSA) is 45.5 Å². The molecule has 1 heterocycles. The lowest BCUT2D eigenvalue weighted by molar-refractivity contribution is -0.137. The van der Waals surface area contributed by atoms with Gasteiger partial charge in [0.2, 0.25) is 0 Å². The number of anilines is 1. The van der Waals surface area contributed by atoms with Crippen LogP contribution in [0.2, 0.25) is 0 Å². The van der Waals surface area contributed by atoms with Crippen LogP contribution in [0.1, 0.15) is 16.9 Å². The zero-order valence-corrected chi connectivity index (χ0v) is 14.9. The number of hydrogen-bond donors (Lipinski definition) is 1. The minimum atomic E-state index is -4.41. The van der Waals surface area contributed by atoms with Gasteiger partial charge in [-0.05, 0) is 48.4 Å². The van der Waals surface area contributed by atoms with Gasteiger partial charge in [0, 0.05) is 12.2 Å². The van der Waals surface area contributed by atoms with Crippen LogP contribution < -0.4 is 5.32 Å². The monoisotopic (exact) mass is 388 g/mol. The highest BCUT2D eigenvalue weighted by molar-refractivity contribution is 5.89. The van der Waals surface area contributed by atoms with Crippen LogP contribution in [0.4, 0.5) is 23.7 Å². The molecular formula is C21H19F3N2O2. The number of benzene rings is 2. The molecule has 3 rings (SSSR count). The number of nitrogens with one attached hydrogen (secondary N) is 1. The second-order valence-electron chi connectivity index (χ2n) is 6.24. The zero-order valence-electron chi connectivity index (χ0n) is 14.9. The minimum Gasteiger partial charge on any atom is -0.467 e. The maximum Gasteiger partial charge on any atom is 0.416 e. The third kappa shape index (κ3) is 5.39. The molecule has 0 saturated heterocycles. The summed E-state index contributed by atoms with van der Waals surface area (Å²) in [6, 6.07) is 17.2. The smallest absolute Gasteiger partial charge is 0.416 e. The standard InChI is InChI=1S/C21H19F3N2O2/c22-21(23,24)17-8-10-18(11-9-17)25-20(27)26(15-19-7-4-14-28-19)13-12-16-5-2-1-3-6-16/h1-11,14H,12-13,15H2,(H,25,27). The predicted octanol–water partition coefficient (Wildman–Crippen LogP) is 5.58. The summed E-state index contributed by atoms with van der Waals surface area (Å²) >= 11 is 0. The van der Waals surface area contributed by atoms with E-state index in [1.165, 1.54) is 18.4 Å². The number of rotatable bonds is 6. The first-order valence-electron chi connectivity index (χ1n) is 8.71. The fourth-order valence-corrected chi connectivity index (χ4v) is 2.70. The predicted molar refractivity (Wildman–Crippen MR) is 99.7 cm³/mol. The van der Waals surface area contributed by atoms with E-state index in [9.17, 15) is 18.0 Å². The maximum absolute atomic E-state index is 12.7. The van der Waals surface area contributed by atoms with Gasteiger partial charge in [0.05, 0.1) is 18.4 Å². The van der Waals surface area contributed by atoms with Crippen molar-refractivity contribution in [2.75, 3.05) is 11.9 Å². The van der Waals surface area contributed by atoms with Crippen molar-refractivity contribution >= 4 is 11.7 Å². The highest BCUT2D eigenvalue weighted by Crippen LogP contribution is 2.29. The SMILES string of the molecule is O=C(Nc1ccc(C(F)(F)F)cc1)N(CCc1ccccc1)Cc1ccco1. The van der Waals surface area contributed by atoms with Crippen LogP contribution in [-0.2, 0) is 19.1 Å². The van der Waals surface area contributed by atoms with Gasteiger partial charge in [0.1, 0.15) is 5.76 Å². The quantitative estimate of drug-likeness (QED) is 0.600. The van der Waals surface area contributed by atoms with E-state index in [1.54, 1.807) is 17.0 Å². The molecule has 0 aliphatic rings. The van der Waals surface area contributed by atoms with Crippen molar-refractivity contribution < 1.29 is 22.4 Å². The van der Waals surface area contributed by atoms with Gasteiger partial charge in [-0.3, -0.25) is 0 Å². The molecule has 2 amide bonds. The summed E-state index contributed by atoms with van der Waals surface area (Å²) in [7, 11) is 0. The average molecular weight is 388 g/mol. The van der Waals surface area contributed by atoms with Gasteiger partial charge in [-0.1, -0.05) is 30.3 Å². The van der Waals surface area contributed by atoms with Gasteiger partial charge in [-0.25, -0.2) is 4.79 Å². The molecule has 28 heavy (non-hydrogen) atoms. The Balaban J connectivity index is 1.68. The summed E-state index contributed by atoms with van der Waals surface area (Å²) in [6.07, 6.45) is -2.25. The number of nitrogens with zero attached hydrogens (tertiary/aromatic N) is 1. The molecule has 2 aromatic carbocycles. The number of hydrogen-bond acceptors (Lipinski definition) is 2. The summed E-state index contributed by atoms with van der Waals surface area (Å²) in [5.74, 6) is 0.621. The molecule has 3 aromatic rings. The van der Waals surface area contributed by atoms with Crippen molar-refractivity contribution in [3.05, 3.63) is 89.9 Å². The summed E-state index contributed by atoms with van der Waals surface area (Å²) in [6.45, 7) is 0.684. The Bertz CT molecular complexity index is 876. The Morgan fingerprint density at radius 1 is 0.964 bits per heavy atom. The molecule has 0 radical (unpaired) electrons. The lowest BCUT2D eigenvalue weighted by Gasteiger charge is -2.22. The van der Waals surface area contributed by atoms with Crippen LogP contribution in [0.5, 0.6) is 0 Å². The van der Waals surface area contributed by atoms with Crippen LogP contribution in [-0.4, -0.2) is 17.5 Å². The number of carbonyl (C=O) groups excluding carboxylic acids is 1. The van der Waals surface area contributed by atoms with E-state index < -0.39 is 17.8 Å². The van der Waals surface area contributed by atoms with E-state index in [4.69, 9.17) is 4.42 Å². The van der Waals surface area contributed by atoms with E-state index >= 15 is 0 Å². The molecule has 146 valence electrons. The first-order valence-corrected chi connectivity index (χ1v) is 8.71. The normalized spacial score (nSPS) is 11.2. The number of halogens is 3. The molecule has 0 bridgehead atoms. The van der Waals surface area contributed by atoms with E-state index in [0.29, 0.717) is 24.4 Å². The van der Waals surface area contributed by atoms with Crippen molar-refractivity contribution in [1.82, 2.24) is 4.90 Å². The Kier molecular flexibility index (Phi) is 6.03. The molecule has 0 saturated carbocycles. The van der Waals surface area contributed by atoms with Crippen molar-refractivity contribution in [3.63, 3.8) is 0 Å². The van der Waals surface area contributed by atoms with Gasteiger partial charge in [-0.2, -0.15) is 13.2 Å². The first-order chi connectivity index (χ1) is 13.4. The third-order valence-corrected chi connectivity index (χ3v) is 4.19. The van der Waals surface area contributed by atoms with E-state index in [2.05, 4.69) is 5.32 Å². The molecule has 0 aliphatic carbocycles. The van der Waals surface area contributed by atoms with Gasteiger partial charge in [-0.15, -0.1) is 0 Å². The Hall–Kier alpha value is -3.22. The van der Waals surface area contributed by atoms with Gasteiger partial charge in [0.25, 0.3) is 0 Å². The Labute approximate surface area is 160 Å². The highest BCUT2D eigenvalue weighted by Gasteiger charge is 2.30. The minimum absolute atomic E-state index is 0.256. The van der Waals surface area contributed by atoms with E-state index in [-0.39, 0.29) is 6.54 Å². The second kappa shape index (κ2) is 8.65. The molecule has 1 aromatic heterocycles. The number of alkyl halides is 3. The molecule has 0 spiro atoms. The molecule has 0 unspecified atom stereocenters. The summed E-state index contributed by atoms with van der Waals surface area (Å²) < 4.78 is 43.4. The highest BCUT2D eigenvalue weighted by atomic mass is 19.4. The van der Waals surface area contributed by atoms with Crippen molar-refractivity contribution in [2.45, 2.75) is 19.1 Å². The second-order valence-corrected chi connectivity index (χ2v) is 6.24.